The molecule has 1 unspecified atom stereocenters. The molecule has 0 saturated heterocycles. The van der Waals surface area contributed by atoms with E-state index in [0.717, 1.165) is 6.08 Å². The van der Waals surface area contributed by atoms with Gasteiger partial charge in [-0.15, -0.1) is 9.05 Å². The summed E-state index contributed by atoms with van der Waals surface area (Å²) in [4.78, 5) is 10.5. The van der Waals surface area contributed by atoms with E-state index in [4.69, 9.17) is 0 Å². The topological polar surface area (TPSA) is 61.8 Å². The predicted molar refractivity (Wildman–Crippen MR) is 46.3 cm³/mol. The van der Waals surface area contributed by atoms with Crippen molar-refractivity contribution in [3.8, 4) is 0 Å². The molecule has 0 aliphatic heterocycles. The van der Waals surface area contributed by atoms with Gasteiger partial charge in [0.25, 0.3) is 0 Å². The van der Waals surface area contributed by atoms with Crippen LogP contribution in [0.15, 0.2) is 12.7 Å². The number of carbonyl (C=O) groups excluding carboxylic acids is 1. The minimum atomic E-state index is -2.02. The van der Waals surface area contributed by atoms with Crippen LogP contribution in [0.25, 0.3) is 0 Å². The lowest BCUT2D eigenvalue weighted by Crippen LogP contribution is -2.03. The Morgan fingerprint density at radius 3 is 2.77 bits per heavy atom. The molecule has 0 fully saturated rings. The van der Waals surface area contributed by atoms with Gasteiger partial charge in [0.2, 0.25) is 0 Å². The average molecular weight is 207 g/mol. The highest BCUT2D eigenvalue weighted by molar-refractivity contribution is 7.33. The SMILES string of the molecule is C=CC(=O)OCCCO[P+](=O)OC. The zero-order valence-corrected chi connectivity index (χ0v) is 8.29. The predicted octanol–water partition coefficient (Wildman–Crippen LogP) is 1.43. The molecule has 0 aromatic carbocycles. The molecule has 0 aliphatic carbocycles. The van der Waals surface area contributed by atoms with E-state index in [0.29, 0.717) is 6.42 Å². The van der Waals surface area contributed by atoms with Crippen LogP contribution in [-0.2, 0) is 23.1 Å². The van der Waals surface area contributed by atoms with Crippen LogP contribution >= 0.6 is 8.25 Å². The molecule has 13 heavy (non-hydrogen) atoms. The van der Waals surface area contributed by atoms with E-state index in [1.165, 1.54) is 7.11 Å². The highest BCUT2D eigenvalue weighted by Crippen LogP contribution is 2.21. The van der Waals surface area contributed by atoms with Crippen LogP contribution in [0.2, 0.25) is 0 Å². The highest BCUT2D eigenvalue weighted by atomic mass is 31.1. The molecular weight excluding hydrogens is 195 g/mol. The third-order valence-corrected chi connectivity index (χ3v) is 1.74. The third-order valence-electron chi connectivity index (χ3n) is 1.05. The lowest BCUT2D eigenvalue weighted by atomic mass is 10.5. The maximum Gasteiger partial charge on any atom is 0.697 e. The van der Waals surface area contributed by atoms with E-state index in [9.17, 15) is 9.36 Å². The molecule has 0 rings (SSSR count). The van der Waals surface area contributed by atoms with Crippen LogP contribution < -0.4 is 0 Å². The number of ether oxygens (including phenoxy) is 1. The minimum absolute atomic E-state index is 0.220. The normalized spacial score (nSPS) is 10.7. The van der Waals surface area contributed by atoms with E-state index in [-0.39, 0.29) is 13.2 Å². The number of hydrogen-bond acceptors (Lipinski definition) is 5. The van der Waals surface area contributed by atoms with E-state index in [1.807, 2.05) is 0 Å². The van der Waals surface area contributed by atoms with Gasteiger partial charge in [0, 0.05) is 17.1 Å². The fourth-order valence-corrected chi connectivity index (χ4v) is 0.866. The summed E-state index contributed by atoms with van der Waals surface area (Å²) in [6.45, 7) is 3.68. The van der Waals surface area contributed by atoms with Gasteiger partial charge in [-0.05, 0) is 0 Å². The molecule has 0 aliphatic rings. The number of hydrogen-bond donors (Lipinski definition) is 0. The van der Waals surface area contributed by atoms with Crippen molar-refractivity contribution >= 4 is 14.2 Å². The Kier molecular flexibility index (Phi) is 7.39. The van der Waals surface area contributed by atoms with Crippen molar-refractivity contribution in [2.75, 3.05) is 20.3 Å². The van der Waals surface area contributed by atoms with Gasteiger partial charge in [-0.2, -0.15) is 0 Å². The molecular formula is C7H12O5P+. The summed E-state index contributed by atoms with van der Waals surface area (Å²) in [5.74, 6) is -0.476. The third kappa shape index (κ3) is 7.59. The molecule has 0 heterocycles. The Morgan fingerprint density at radius 2 is 2.23 bits per heavy atom. The zero-order valence-electron chi connectivity index (χ0n) is 7.39. The Labute approximate surface area is 77.6 Å². The number of esters is 1. The molecule has 0 aromatic rings. The van der Waals surface area contributed by atoms with Crippen LogP contribution in [0.5, 0.6) is 0 Å². The maximum atomic E-state index is 10.5. The molecule has 0 amide bonds. The van der Waals surface area contributed by atoms with Gasteiger partial charge < -0.3 is 4.74 Å². The van der Waals surface area contributed by atoms with Crippen molar-refractivity contribution in [1.29, 1.82) is 0 Å². The molecule has 0 saturated carbocycles. The molecule has 5 nitrogen and oxygen atoms in total. The second kappa shape index (κ2) is 7.86. The largest absolute Gasteiger partial charge is 0.697 e. The Balaban J connectivity index is 3.21. The first kappa shape index (κ1) is 12.2. The fourth-order valence-electron chi connectivity index (χ4n) is 0.482. The Hall–Kier alpha value is -0.770. The van der Waals surface area contributed by atoms with E-state index in [2.05, 4.69) is 20.4 Å². The minimum Gasteiger partial charge on any atom is -0.462 e. The molecule has 74 valence electrons. The Bertz CT molecular complexity index is 191. The lowest BCUT2D eigenvalue weighted by Gasteiger charge is -1.97. The summed E-state index contributed by atoms with van der Waals surface area (Å²) in [6, 6.07) is 0. The van der Waals surface area contributed by atoms with E-state index in [1.54, 1.807) is 0 Å². The van der Waals surface area contributed by atoms with Gasteiger partial charge in [-0.3, -0.25) is 0 Å². The summed E-state index contributed by atoms with van der Waals surface area (Å²) in [6.07, 6.45) is 1.56. The lowest BCUT2D eigenvalue weighted by molar-refractivity contribution is -0.137. The van der Waals surface area contributed by atoms with Gasteiger partial charge in [0.15, 0.2) is 0 Å². The molecule has 0 radical (unpaired) electrons. The summed E-state index contributed by atoms with van der Waals surface area (Å²) in [5.41, 5.74) is 0. The molecule has 0 N–H and O–H groups in total. The maximum absolute atomic E-state index is 10.5. The molecule has 6 heteroatoms. The number of rotatable bonds is 7. The van der Waals surface area contributed by atoms with Gasteiger partial charge >= 0.3 is 14.2 Å². The van der Waals surface area contributed by atoms with Crippen molar-refractivity contribution in [2.45, 2.75) is 6.42 Å². The second-order valence-corrected chi connectivity index (χ2v) is 3.04. The average Bonchev–Trinajstić information content (AvgIpc) is 2.16. The zero-order chi connectivity index (χ0) is 10.1. The molecule has 1 atom stereocenters. The van der Waals surface area contributed by atoms with Gasteiger partial charge in [-0.1, -0.05) is 6.58 Å². The summed E-state index contributed by atoms with van der Waals surface area (Å²) < 4.78 is 24.2. The van der Waals surface area contributed by atoms with Crippen molar-refractivity contribution in [2.24, 2.45) is 0 Å². The summed E-state index contributed by atoms with van der Waals surface area (Å²) in [5, 5.41) is 0. The standard InChI is InChI=1S/C7H12O5P/c1-3-7(8)11-5-4-6-12-13(9)10-2/h3H,1,4-6H2,2H3/q+1. The Morgan fingerprint density at radius 1 is 1.54 bits per heavy atom. The van der Waals surface area contributed by atoms with Crippen molar-refractivity contribution < 1.29 is 23.1 Å². The first-order valence-corrected chi connectivity index (χ1v) is 4.73. The van der Waals surface area contributed by atoms with Crippen molar-refractivity contribution in [1.82, 2.24) is 0 Å². The van der Waals surface area contributed by atoms with Crippen LogP contribution in [0.4, 0.5) is 0 Å². The summed E-state index contributed by atoms with van der Waals surface area (Å²) in [7, 11) is -0.736. The van der Waals surface area contributed by atoms with E-state index >= 15 is 0 Å². The van der Waals surface area contributed by atoms with E-state index < -0.39 is 14.2 Å². The number of carbonyl (C=O) groups is 1. The van der Waals surface area contributed by atoms with Crippen LogP contribution in [-0.4, -0.2) is 26.3 Å². The monoisotopic (exact) mass is 207 g/mol. The smallest absolute Gasteiger partial charge is 0.462 e. The van der Waals surface area contributed by atoms with Gasteiger partial charge in [0.1, 0.15) is 6.61 Å². The van der Waals surface area contributed by atoms with Crippen LogP contribution in [0.3, 0.4) is 0 Å². The first-order valence-electron chi connectivity index (χ1n) is 3.64. The van der Waals surface area contributed by atoms with Crippen molar-refractivity contribution in [3.05, 3.63) is 12.7 Å². The van der Waals surface area contributed by atoms with Crippen LogP contribution in [0, 0.1) is 0 Å². The second-order valence-electron chi connectivity index (χ2n) is 1.96. The van der Waals surface area contributed by atoms with Crippen LogP contribution in [0.1, 0.15) is 6.42 Å². The van der Waals surface area contributed by atoms with Gasteiger partial charge in [-0.25, -0.2) is 4.79 Å². The molecule has 0 bridgehead atoms. The fraction of sp³-hybridized carbons (Fsp3) is 0.571. The molecule has 0 spiro atoms. The van der Waals surface area contributed by atoms with Gasteiger partial charge in [0.05, 0.1) is 13.7 Å². The van der Waals surface area contributed by atoms with Crippen molar-refractivity contribution in [3.63, 3.8) is 0 Å². The summed E-state index contributed by atoms with van der Waals surface area (Å²) >= 11 is 0. The highest BCUT2D eigenvalue weighted by Gasteiger charge is 2.15. The molecule has 0 aromatic heterocycles. The quantitative estimate of drug-likeness (QED) is 0.273. The first-order chi connectivity index (χ1) is 6.20.